The number of carbonyl (C=O) groups is 4. The third-order valence-corrected chi connectivity index (χ3v) is 7.51. The minimum atomic E-state index is -2.27. The first-order valence-electron chi connectivity index (χ1n) is 14.8. The van der Waals surface area contributed by atoms with Crippen LogP contribution in [-0.2, 0) is 14.3 Å². The number of benzene rings is 1. The molecule has 8 N–H and O–H groups in total. The Kier molecular flexibility index (Phi) is 10.4. The number of morpholine rings is 1. The van der Waals surface area contributed by atoms with E-state index in [9.17, 15) is 19.2 Å². The molecule has 0 radical (unpaired) electrons. The van der Waals surface area contributed by atoms with Crippen LogP contribution in [-0.4, -0.2) is 139 Å². The number of aliphatic hydroxyl groups excluding tert-OH is 2. The van der Waals surface area contributed by atoms with E-state index < -0.39 is 30.1 Å². The van der Waals surface area contributed by atoms with E-state index in [-0.39, 0.29) is 23.2 Å². The van der Waals surface area contributed by atoms with Gasteiger partial charge in [-0.15, -0.1) is 0 Å². The van der Waals surface area contributed by atoms with Crippen LogP contribution >= 0.6 is 0 Å². The fourth-order valence-electron chi connectivity index (χ4n) is 4.88. The lowest BCUT2D eigenvalue weighted by molar-refractivity contribution is -0.165. The molecule has 2 saturated heterocycles. The number of primary amides is 1. The zero-order valence-electron chi connectivity index (χ0n) is 25.7. The minimum absolute atomic E-state index is 0.160. The lowest BCUT2D eigenvalue weighted by Gasteiger charge is -2.35. The molecule has 1 aromatic carbocycles. The maximum Gasteiger partial charge on any atom is 0.335 e. The molecule has 2 amide bonds. The first kappa shape index (κ1) is 34.3. The summed E-state index contributed by atoms with van der Waals surface area (Å²) in [4.78, 5) is 72.5. The Hall–Kier alpha value is -5.99. The Balaban J connectivity index is 0.000000409. The van der Waals surface area contributed by atoms with Gasteiger partial charge in [0.15, 0.2) is 23.8 Å². The normalized spacial score (nSPS) is 16.0. The van der Waals surface area contributed by atoms with Gasteiger partial charge in [-0.3, -0.25) is 9.59 Å². The van der Waals surface area contributed by atoms with Crippen LogP contribution < -0.4 is 21.3 Å². The SMILES string of the molecule is NC(=O)c1cccc2cc(C(=O)N3CCN(c4nc(-c5cnc(N)nc5)nc(N5CCOCC5)n4)CC3)oc12.O=C(O)C(O)C(O)C(=O)O. The minimum Gasteiger partial charge on any atom is -0.479 e. The molecule has 0 bridgehead atoms. The van der Waals surface area contributed by atoms with Gasteiger partial charge >= 0.3 is 11.9 Å². The predicted molar refractivity (Wildman–Crippen MR) is 168 cm³/mol. The molecule has 2 fully saturated rings. The molecule has 4 aromatic rings. The summed E-state index contributed by atoms with van der Waals surface area (Å²) in [6.45, 7) is 4.37. The summed E-state index contributed by atoms with van der Waals surface area (Å²) < 4.78 is 11.2. The molecule has 0 aliphatic carbocycles. The number of carbonyl (C=O) groups excluding carboxylic acids is 2. The number of ether oxygens (including phenoxy) is 1. The molecular formula is C29H32N10O10. The van der Waals surface area contributed by atoms with Gasteiger partial charge in [0.1, 0.15) is 5.58 Å². The van der Waals surface area contributed by atoms with Crippen molar-refractivity contribution >= 4 is 52.6 Å². The molecule has 6 rings (SSSR count). The molecule has 0 spiro atoms. The molecule has 49 heavy (non-hydrogen) atoms. The molecule has 0 saturated carbocycles. The first-order chi connectivity index (χ1) is 23.4. The zero-order valence-corrected chi connectivity index (χ0v) is 25.7. The number of aliphatic carboxylic acids is 2. The Labute approximate surface area is 276 Å². The van der Waals surface area contributed by atoms with Gasteiger partial charge in [0, 0.05) is 57.0 Å². The van der Waals surface area contributed by atoms with E-state index in [4.69, 9.17) is 51.0 Å². The molecule has 2 aliphatic heterocycles. The van der Waals surface area contributed by atoms with Gasteiger partial charge in [0.25, 0.3) is 11.8 Å². The average molecular weight is 681 g/mol. The number of piperazine rings is 1. The van der Waals surface area contributed by atoms with E-state index >= 15 is 0 Å². The quantitative estimate of drug-likeness (QED) is 0.122. The zero-order chi connectivity index (χ0) is 35.2. The van der Waals surface area contributed by atoms with Gasteiger partial charge in [0.05, 0.1) is 24.3 Å². The summed E-state index contributed by atoms with van der Waals surface area (Å²) in [6.07, 6.45) is -1.37. The number of carboxylic acid groups (broad SMARTS) is 2. The molecule has 2 atom stereocenters. The van der Waals surface area contributed by atoms with Crippen LogP contribution in [0, 0.1) is 0 Å². The third kappa shape index (κ3) is 7.94. The fraction of sp³-hybridized carbons (Fsp3) is 0.345. The van der Waals surface area contributed by atoms with Crippen LogP contribution in [0.4, 0.5) is 17.8 Å². The molecule has 2 aliphatic rings. The van der Waals surface area contributed by atoms with E-state index in [1.54, 1.807) is 41.6 Å². The molecule has 20 heteroatoms. The highest BCUT2D eigenvalue weighted by Gasteiger charge is 2.30. The van der Waals surface area contributed by atoms with Gasteiger partial charge in [-0.25, -0.2) is 19.6 Å². The van der Waals surface area contributed by atoms with E-state index in [1.807, 2.05) is 4.90 Å². The number of rotatable bonds is 8. The van der Waals surface area contributed by atoms with E-state index in [1.165, 1.54) is 0 Å². The Morgan fingerprint density at radius 3 is 1.94 bits per heavy atom. The number of amides is 2. The van der Waals surface area contributed by atoms with Crippen LogP contribution in [0.2, 0.25) is 0 Å². The summed E-state index contributed by atoms with van der Waals surface area (Å²) in [5.41, 5.74) is 12.3. The second kappa shape index (κ2) is 14.8. The summed E-state index contributed by atoms with van der Waals surface area (Å²) in [5.74, 6) is -2.60. The highest BCUT2D eigenvalue weighted by Crippen LogP contribution is 2.26. The number of para-hydroxylation sites is 1. The number of nitrogens with zero attached hydrogens (tertiary/aromatic N) is 8. The van der Waals surface area contributed by atoms with Crippen LogP contribution in [0.25, 0.3) is 22.4 Å². The highest BCUT2D eigenvalue weighted by molar-refractivity contribution is 6.06. The summed E-state index contributed by atoms with van der Waals surface area (Å²) in [5, 5.41) is 33.2. The van der Waals surface area contributed by atoms with Crippen molar-refractivity contribution in [3.05, 3.63) is 48.0 Å². The lowest BCUT2D eigenvalue weighted by Crippen LogP contribution is -2.49. The molecular weight excluding hydrogens is 648 g/mol. The first-order valence-corrected chi connectivity index (χ1v) is 14.8. The van der Waals surface area contributed by atoms with E-state index in [2.05, 4.69) is 19.9 Å². The summed E-state index contributed by atoms with van der Waals surface area (Å²) in [6, 6.07) is 6.69. The Morgan fingerprint density at radius 2 is 1.39 bits per heavy atom. The average Bonchev–Trinajstić information content (AvgIpc) is 3.56. The predicted octanol–water partition coefficient (Wildman–Crippen LogP) is -1.57. The number of carboxylic acids is 2. The van der Waals surface area contributed by atoms with Gasteiger partial charge in [0.2, 0.25) is 17.8 Å². The van der Waals surface area contributed by atoms with Crippen LogP contribution in [0.15, 0.2) is 41.1 Å². The largest absolute Gasteiger partial charge is 0.479 e. The third-order valence-electron chi connectivity index (χ3n) is 7.51. The van der Waals surface area contributed by atoms with Crippen molar-refractivity contribution in [3.63, 3.8) is 0 Å². The van der Waals surface area contributed by atoms with Crippen molar-refractivity contribution in [2.75, 3.05) is 68.0 Å². The number of aliphatic hydroxyl groups is 2. The maximum absolute atomic E-state index is 13.2. The van der Waals surface area contributed by atoms with Crippen molar-refractivity contribution in [1.82, 2.24) is 29.8 Å². The number of hydrogen-bond donors (Lipinski definition) is 6. The van der Waals surface area contributed by atoms with Crippen molar-refractivity contribution in [3.8, 4) is 11.4 Å². The van der Waals surface area contributed by atoms with E-state index in [0.29, 0.717) is 86.7 Å². The van der Waals surface area contributed by atoms with E-state index in [0.717, 1.165) is 0 Å². The van der Waals surface area contributed by atoms with Crippen molar-refractivity contribution in [2.45, 2.75) is 12.2 Å². The molecule has 258 valence electrons. The fourth-order valence-corrected chi connectivity index (χ4v) is 4.88. The topological polar surface area (TPSA) is 298 Å². The Morgan fingerprint density at radius 1 is 0.816 bits per heavy atom. The number of furan rings is 1. The van der Waals surface area contributed by atoms with Gasteiger partial charge in [-0.2, -0.15) is 15.0 Å². The van der Waals surface area contributed by atoms with Crippen molar-refractivity contribution in [1.29, 1.82) is 0 Å². The Bertz CT molecular complexity index is 1820. The van der Waals surface area contributed by atoms with Gasteiger partial charge < -0.3 is 55.7 Å². The van der Waals surface area contributed by atoms with Crippen molar-refractivity contribution in [2.24, 2.45) is 5.73 Å². The second-order valence-corrected chi connectivity index (χ2v) is 10.7. The maximum atomic E-state index is 13.2. The van der Waals surface area contributed by atoms with Crippen LogP contribution in [0.3, 0.4) is 0 Å². The standard InChI is InChI=1S/C25H26N10O4.C4H6O6/c26-20(36)17-3-1-2-15-12-18(39-19(15)17)22(37)33-4-6-34(7-5-33)24-30-21(16-13-28-23(27)29-14-16)31-25(32-24)35-8-10-38-11-9-35;5-1(3(7)8)2(6)4(9)10/h1-3,12-14H,4-11H2,(H2,26,36)(H2,27,28,29);1-2,5-6H,(H,7,8)(H,9,10). The number of aromatic nitrogens is 5. The number of hydrogen-bond acceptors (Lipinski definition) is 16. The van der Waals surface area contributed by atoms with Crippen LogP contribution in [0.5, 0.6) is 0 Å². The summed E-state index contributed by atoms with van der Waals surface area (Å²) in [7, 11) is 0. The smallest absolute Gasteiger partial charge is 0.335 e. The molecule has 5 heterocycles. The molecule has 20 nitrogen and oxygen atoms in total. The van der Waals surface area contributed by atoms with Crippen LogP contribution in [0.1, 0.15) is 20.9 Å². The number of fused-ring (bicyclic) bond motifs is 1. The van der Waals surface area contributed by atoms with Gasteiger partial charge in [-0.05, 0) is 12.1 Å². The number of nitrogens with two attached hydrogens (primary N) is 2. The molecule has 3 aromatic heterocycles. The lowest BCUT2D eigenvalue weighted by atomic mass is 10.1. The number of nitrogen functional groups attached to an aromatic ring is 1. The monoisotopic (exact) mass is 680 g/mol. The second-order valence-electron chi connectivity index (χ2n) is 10.7. The summed E-state index contributed by atoms with van der Waals surface area (Å²) >= 11 is 0. The highest BCUT2D eigenvalue weighted by atomic mass is 16.5. The van der Waals surface area contributed by atoms with Crippen molar-refractivity contribution < 1.29 is 48.8 Å². The molecule has 2 unspecified atom stereocenters. The number of anilines is 3. The van der Waals surface area contributed by atoms with Gasteiger partial charge in [-0.1, -0.05) is 12.1 Å².